The molecule has 0 spiro atoms. The van der Waals surface area contributed by atoms with Crippen molar-refractivity contribution in [2.24, 2.45) is 0 Å². The van der Waals surface area contributed by atoms with Gasteiger partial charge in [-0.3, -0.25) is 0 Å². The average Bonchev–Trinajstić information content (AvgIpc) is 2.33. The molecule has 0 saturated carbocycles. The summed E-state index contributed by atoms with van der Waals surface area (Å²) in [5, 5.41) is 2.82. The highest BCUT2D eigenvalue weighted by Crippen LogP contribution is 2.40. The summed E-state index contributed by atoms with van der Waals surface area (Å²) >= 11 is 0. The van der Waals surface area contributed by atoms with E-state index in [2.05, 4.69) is 70.2 Å². The Morgan fingerprint density at radius 2 is 1.83 bits per heavy atom. The predicted molar refractivity (Wildman–Crippen MR) is 80.1 cm³/mol. The lowest BCUT2D eigenvalue weighted by Gasteiger charge is -2.29. The van der Waals surface area contributed by atoms with Crippen molar-refractivity contribution in [2.75, 3.05) is 0 Å². The van der Waals surface area contributed by atoms with Gasteiger partial charge in [0.2, 0.25) is 0 Å². The van der Waals surface area contributed by atoms with Crippen LogP contribution in [0.25, 0.3) is 16.8 Å². The summed E-state index contributed by atoms with van der Waals surface area (Å²) in [5.41, 5.74) is 4.41. The maximum Gasteiger partial charge on any atom is 0.00851 e. The zero-order valence-corrected chi connectivity index (χ0v) is 11.6. The number of benzene rings is 2. The van der Waals surface area contributed by atoms with Crippen LogP contribution in [0.2, 0.25) is 0 Å². The molecule has 0 aliphatic heterocycles. The maximum absolute atomic E-state index is 2.40. The summed E-state index contributed by atoms with van der Waals surface area (Å²) in [6, 6.07) is 11.4. The fourth-order valence-electron chi connectivity index (χ4n) is 2.85. The summed E-state index contributed by atoms with van der Waals surface area (Å²) in [5.74, 6) is 0.580. The molecule has 0 aromatic heterocycles. The second-order valence-corrected chi connectivity index (χ2v) is 6.22. The lowest BCUT2D eigenvalue weighted by molar-refractivity contribution is 0.674. The van der Waals surface area contributed by atoms with Crippen LogP contribution in [0.1, 0.15) is 50.3 Å². The molecule has 2 aromatic rings. The molecule has 3 rings (SSSR count). The smallest absolute Gasteiger partial charge is 0.00851 e. The first-order valence-corrected chi connectivity index (χ1v) is 6.75. The van der Waals surface area contributed by atoms with Crippen LogP contribution in [-0.2, 0) is 5.41 Å². The summed E-state index contributed by atoms with van der Waals surface area (Å²) in [4.78, 5) is 0. The number of hydrogen-bond donors (Lipinski definition) is 0. The van der Waals surface area contributed by atoms with Crippen LogP contribution in [-0.4, -0.2) is 0 Å². The van der Waals surface area contributed by atoms with Gasteiger partial charge in [0, 0.05) is 5.41 Å². The van der Waals surface area contributed by atoms with Crippen LogP contribution in [0.3, 0.4) is 0 Å². The Morgan fingerprint density at radius 1 is 1.06 bits per heavy atom. The molecule has 0 amide bonds. The predicted octanol–water partition coefficient (Wildman–Crippen LogP) is 5.27. The molecule has 0 bridgehead atoms. The first-order chi connectivity index (χ1) is 8.49. The van der Waals surface area contributed by atoms with Crippen LogP contribution >= 0.6 is 0 Å². The Labute approximate surface area is 109 Å². The van der Waals surface area contributed by atoms with Gasteiger partial charge in [-0.2, -0.15) is 0 Å². The second kappa shape index (κ2) is 3.71. The van der Waals surface area contributed by atoms with Crippen molar-refractivity contribution in [1.29, 1.82) is 0 Å². The van der Waals surface area contributed by atoms with Crippen molar-refractivity contribution in [1.82, 2.24) is 0 Å². The van der Waals surface area contributed by atoms with E-state index in [0.717, 1.165) is 0 Å². The van der Waals surface area contributed by atoms with Crippen molar-refractivity contribution in [3.8, 4) is 0 Å². The fraction of sp³-hybridized carbons (Fsp3) is 0.333. The Hall–Kier alpha value is -1.56. The second-order valence-electron chi connectivity index (χ2n) is 6.22. The number of hydrogen-bond acceptors (Lipinski definition) is 0. The van der Waals surface area contributed by atoms with E-state index >= 15 is 0 Å². The molecule has 0 nitrogen and oxygen atoms in total. The molecule has 0 saturated heterocycles. The zero-order valence-electron chi connectivity index (χ0n) is 11.6. The van der Waals surface area contributed by atoms with Gasteiger partial charge in [-0.15, -0.1) is 0 Å². The largest absolute Gasteiger partial charge is 0.0738 e. The molecule has 0 radical (unpaired) electrons. The lowest BCUT2D eigenvalue weighted by atomic mass is 9.75. The third kappa shape index (κ3) is 1.59. The third-order valence-corrected chi connectivity index (χ3v) is 4.07. The Balaban J connectivity index is 2.43. The Morgan fingerprint density at radius 3 is 2.56 bits per heavy atom. The van der Waals surface area contributed by atoms with Gasteiger partial charge in [0.25, 0.3) is 0 Å². The molecule has 0 fully saturated rings. The lowest BCUT2D eigenvalue weighted by Crippen LogP contribution is -2.17. The van der Waals surface area contributed by atoms with Crippen molar-refractivity contribution < 1.29 is 0 Å². The van der Waals surface area contributed by atoms with E-state index in [1.54, 1.807) is 0 Å². The van der Waals surface area contributed by atoms with Crippen molar-refractivity contribution in [2.45, 2.75) is 39.0 Å². The highest BCUT2D eigenvalue weighted by atomic mass is 14.3. The van der Waals surface area contributed by atoms with Crippen molar-refractivity contribution in [3.63, 3.8) is 0 Å². The molecule has 0 heterocycles. The molecule has 1 aliphatic rings. The molecule has 18 heavy (non-hydrogen) atoms. The quantitative estimate of drug-likeness (QED) is 0.633. The van der Waals surface area contributed by atoms with E-state index in [-0.39, 0.29) is 5.41 Å². The van der Waals surface area contributed by atoms with E-state index in [4.69, 9.17) is 0 Å². The van der Waals surface area contributed by atoms with Gasteiger partial charge in [0.15, 0.2) is 0 Å². The van der Waals surface area contributed by atoms with Gasteiger partial charge in [-0.25, -0.2) is 0 Å². The first kappa shape index (κ1) is 11.5. The van der Waals surface area contributed by atoms with Gasteiger partial charge in [0.1, 0.15) is 0 Å². The minimum atomic E-state index is 0.136. The van der Waals surface area contributed by atoms with E-state index in [9.17, 15) is 0 Å². The topological polar surface area (TPSA) is 0 Å². The van der Waals surface area contributed by atoms with Crippen molar-refractivity contribution >= 4 is 16.8 Å². The van der Waals surface area contributed by atoms with Crippen LogP contribution in [0.4, 0.5) is 0 Å². The summed E-state index contributed by atoms with van der Waals surface area (Å²) < 4.78 is 0. The number of allylic oxidation sites excluding steroid dienone is 1. The highest BCUT2D eigenvalue weighted by Gasteiger charge is 2.25. The summed E-state index contributed by atoms with van der Waals surface area (Å²) in [7, 11) is 0. The van der Waals surface area contributed by atoms with Crippen LogP contribution in [0.5, 0.6) is 0 Å². The minimum absolute atomic E-state index is 0.136. The Bertz CT molecular complexity index is 642. The molecular formula is C18H20. The van der Waals surface area contributed by atoms with Gasteiger partial charge in [0.05, 0.1) is 0 Å². The van der Waals surface area contributed by atoms with Gasteiger partial charge >= 0.3 is 0 Å². The average molecular weight is 236 g/mol. The molecule has 0 heteroatoms. The van der Waals surface area contributed by atoms with Gasteiger partial charge < -0.3 is 0 Å². The van der Waals surface area contributed by atoms with Crippen molar-refractivity contribution in [3.05, 3.63) is 53.1 Å². The maximum atomic E-state index is 2.40. The van der Waals surface area contributed by atoms with Crippen LogP contribution in [0.15, 0.2) is 36.4 Å². The molecular weight excluding hydrogens is 216 g/mol. The molecule has 92 valence electrons. The normalized spacial score (nSPS) is 16.5. The fourth-order valence-corrected chi connectivity index (χ4v) is 2.85. The monoisotopic (exact) mass is 236 g/mol. The number of rotatable bonds is 1. The molecule has 1 aliphatic carbocycles. The summed E-state index contributed by atoms with van der Waals surface area (Å²) in [6.45, 7) is 9.14. The Kier molecular flexibility index (Phi) is 2.38. The van der Waals surface area contributed by atoms with Crippen LogP contribution in [0, 0.1) is 0 Å². The SMILES string of the molecule is CC(C)c1cc2c3c(cccc3c1)C=CC2(C)C. The van der Waals surface area contributed by atoms with Gasteiger partial charge in [-0.1, -0.05) is 70.2 Å². The minimum Gasteiger partial charge on any atom is -0.0738 e. The molecule has 0 unspecified atom stereocenters. The zero-order chi connectivity index (χ0) is 12.9. The van der Waals surface area contributed by atoms with Crippen LogP contribution < -0.4 is 0 Å². The molecule has 0 N–H and O–H groups in total. The van der Waals surface area contributed by atoms with E-state index < -0.39 is 0 Å². The van der Waals surface area contributed by atoms with E-state index in [1.165, 1.54) is 27.5 Å². The highest BCUT2D eigenvalue weighted by molar-refractivity contribution is 5.96. The van der Waals surface area contributed by atoms with E-state index in [1.807, 2.05) is 0 Å². The first-order valence-electron chi connectivity index (χ1n) is 6.75. The standard InChI is InChI=1S/C18H20/c1-12(2)15-10-14-7-5-6-13-8-9-18(3,4)16(11-15)17(13)14/h5-12H,1-4H3. The van der Waals surface area contributed by atoms with Gasteiger partial charge in [-0.05, 0) is 33.4 Å². The molecule has 2 aromatic carbocycles. The third-order valence-electron chi connectivity index (χ3n) is 4.07. The summed E-state index contributed by atoms with van der Waals surface area (Å²) in [6.07, 6.45) is 4.60. The van der Waals surface area contributed by atoms with E-state index in [0.29, 0.717) is 5.92 Å². The molecule has 0 atom stereocenters.